The highest BCUT2D eigenvalue weighted by atomic mass is 16.6. The van der Waals surface area contributed by atoms with Gasteiger partial charge in [-0.1, -0.05) is 63.1 Å². The van der Waals surface area contributed by atoms with Crippen LogP contribution in [-0.4, -0.2) is 50.7 Å². The lowest BCUT2D eigenvalue weighted by Crippen LogP contribution is -2.44. The number of nitro benzene ring substituents is 1. The predicted molar refractivity (Wildman–Crippen MR) is 153 cm³/mol. The Labute approximate surface area is 231 Å². The van der Waals surface area contributed by atoms with Gasteiger partial charge in [0, 0.05) is 49.2 Å². The molecule has 2 aromatic carbocycles. The molecule has 0 atom stereocenters. The van der Waals surface area contributed by atoms with Crippen LogP contribution in [0.3, 0.4) is 0 Å². The van der Waals surface area contributed by atoms with Gasteiger partial charge in [0.25, 0.3) is 11.6 Å². The van der Waals surface area contributed by atoms with Gasteiger partial charge in [0.2, 0.25) is 5.91 Å². The SMILES string of the molecule is CCCCN(Cc1cccn1Cc1cccc(C)c1)C(=O)CN(CCC(C)C)C(=O)c1cccc([N+](=O)[O-])c1. The lowest BCUT2D eigenvalue weighted by atomic mass is 10.1. The van der Waals surface area contributed by atoms with E-state index >= 15 is 0 Å². The Hall–Kier alpha value is -3.94. The molecule has 0 saturated heterocycles. The molecule has 39 heavy (non-hydrogen) atoms. The summed E-state index contributed by atoms with van der Waals surface area (Å²) < 4.78 is 2.16. The monoisotopic (exact) mass is 532 g/mol. The molecule has 1 heterocycles. The molecule has 208 valence electrons. The molecule has 3 aromatic rings. The quantitative estimate of drug-likeness (QED) is 0.186. The molecule has 1 aromatic heterocycles. The maximum absolute atomic E-state index is 13.7. The number of nitro groups is 1. The molecule has 0 saturated carbocycles. The fourth-order valence-electron chi connectivity index (χ4n) is 4.46. The number of non-ortho nitro benzene ring substituents is 1. The van der Waals surface area contributed by atoms with Gasteiger partial charge in [0.1, 0.15) is 6.54 Å². The van der Waals surface area contributed by atoms with E-state index in [-0.39, 0.29) is 29.6 Å². The molecular formula is C31H40N4O4. The number of aromatic nitrogens is 1. The third-order valence-corrected chi connectivity index (χ3v) is 6.74. The summed E-state index contributed by atoms with van der Waals surface area (Å²) in [6, 6.07) is 18.1. The predicted octanol–water partition coefficient (Wildman–Crippen LogP) is 6.07. The lowest BCUT2D eigenvalue weighted by molar-refractivity contribution is -0.384. The largest absolute Gasteiger partial charge is 0.345 e. The van der Waals surface area contributed by atoms with Gasteiger partial charge < -0.3 is 14.4 Å². The van der Waals surface area contributed by atoms with Crippen molar-refractivity contribution in [3.8, 4) is 0 Å². The second-order valence-electron chi connectivity index (χ2n) is 10.5. The minimum atomic E-state index is -0.515. The Morgan fingerprint density at radius 2 is 1.77 bits per heavy atom. The third kappa shape index (κ3) is 8.80. The van der Waals surface area contributed by atoms with Crippen LogP contribution in [-0.2, 0) is 17.9 Å². The Kier molecular flexibility index (Phi) is 10.8. The number of hydrogen-bond donors (Lipinski definition) is 0. The molecular weight excluding hydrogens is 492 g/mol. The van der Waals surface area contributed by atoms with Crippen molar-refractivity contribution < 1.29 is 14.5 Å². The molecule has 3 rings (SSSR count). The van der Waals surface area contributed by atoms with Gasteiger partial charge in [0.05, 0.1) is 11.5 Å². The fraction of sp³-hybridized carbons (Fsp3) is 0.419. The summed E-state index contributed by atoms with van der Waals surface area (Å²) in [6.45, 7) is 10.4. The summed E-state index contributed by atoms with van der Waals surface area (Å²) in [4.78, 5) is 41.2. The van der Waals surface area contributed by atoms with Gasteiger partial charge in [-0.3, -0.25) is 19.7 Å². The van der Waals surface area contributed by atoms with Gasteiger partial charge in [-0.25, -0.2) is 0 Å². The highest BCUT2D eigenvalue weighted by Gasteiger charge is 2.24. The van der Waals surface area contributed by atoms with Crippen LogP contribution in [0.5, 0.6) is 0 Å². The molecule has 0 unspecified atom stereocenters. The fourth-order valence-corrected chi connectivity index (χ4v) is 4.46. The van der Waals surface area contributed by atoms with Gasteiger partial charge in [-0.2, -0.15) is 0 Å². The molecule has 0 aliphatic rings. The van der Waals surface area contributed by atoms with Crippen LogP contribution in [0.4, 0.5) is 5.69 Å². The van der Waals surface area contributed by atoms with Crippen molar-refractivity contribution in [1.29, 1.82) is 0 Å². The standard InChI is InChI=1S/C31H40N4O4/c1-5-6-16-33(22-29-14-9-17-32(29)21-26-11-7-10-25(4)19-26)30(36)23-34(18-15-24(2)3)31(37)27-12-8-13-28(20-27)35(38)39/h7-14,17,19-20,24H,5-6,15-16,18,21-23H2,1-4H3. The van der Waals surface area contributed by atoms with Crippen molar-refractivity contribution in [1.82, 2.24) is 14.4 Å². The summed E-state index contributed by atoms with van der Waals surface area (Å²) in [6.07, 6.45) is 4.55. The average Bonchev–Trinajstić information content (AvgIpc) is 3.34. The van der Waals surface area contributed by atoms with Crippen molar-refractivity contribution in [3.63, 3.8) is 0 Å². The first kappa shape index (κ1) is 29.6. The van der Waals surface area contributed by atoms with Crippen LogP contribution in [0.1, 0.15) is 67.2 Å². The maximum Gasteiger partial charge on any atom is 0.270 e. The third-order valence-electron chi connectivity index (χ3n) is 6.74. The zero-order valence-corrected chi connectivity index (χ0v) is 23.5. The average molecular weight is 533 g/mol. The van der Waals surface area contributed by atoms with E-state index in [1.807, 2.05) is 23.2 Å². The van der Waals surface area contributed by atoms with Crippen molar-refractivity contribution in [3.05, 3.63) is 99.4 Å². The van der Waals surface area contributed by atoms with Crippen LogP contribution in [0.15, 0.2) is 66.9 Å². The number of hydrogen-bond acceptors (Lipinski definition) is 4. The van der Waals surface area contributed by atoms with E-state index in [0.29, 0.717) is 32.1 Å². The number of unbranched alkanes of at least 4 members (excludes halogenated alkanes) is 1. The minimum Gasteiger partial charge on any atom is -0.345 e. The van der Waals surface area contributed by atoms with E-state index in [4.69, 9.17) is 0 Å². The number of nitrogens with zero attached hydrogens (tertiary/aromatic N) is 4. The summed E-state index contributed by atoms with van der Waals surface area (Å²) in [5, 5.41) is 11.3. The first-order chi connectivity index (χ1) is 18.7. The number of rotatable bonds is 14. The summed E-state index contributed by atoms with van der Waals surface area (Å²) in [5.74, 6) is -0.165. The van der Waals surface area contributed by atoms with E-state index < -0.39 is 4.92 Å². The molecule has 8 heteroatoms. The summed E-state index contributed by atoms with van der Waals surface area (Å²) in [5.41, 5.74) is 3.50. The highest BCUT2D eigenvalue weighted by molar-refractivity contribution is 5.97. The van der Waals surface area contributed by atoms with Crippen LogP contribution in [0.2, 0.25) is 0 Å². The van der Waals surface area contributed by atoms with Gasteiger partial charge in [-0.15, -0.1) is 0 Å². The molecule has 0 fully saturated rings. The van der Waals surface area contributed by atoms with Crippen LogP contribution < -0.4 is 0 Å². The van der Waals surface area contributed by atoms with Crippen LogP contribution in [0.25, 0.3) is 0 Å². The zero-order chi connectivity index (χ0) is 28.4. The summed E-state index contributed by atoms with van der Waals surface area (Å²) in [7, 11) is 0. The molecule has 0 spiro atoms. The molecule has 2 amide bonds. The highest BCUT2D eigenvalue weighted by Crippen LogP contribution is 2.17. The van der Waals surface area contributed by atoms with Gasteiger partial charge in [-0.05, 0) is 49.4 Å². The maximum atomic E-state index is 13.7. The topological polar surface area (TPSA) is 88.7 Å². The Bertz CT molecular complexity index is 1270. The Balaban J connectivity index is 1.80. The first-order valence-corrected chi connectivity index (χ1v) is 13.7. The minimum absolute atomic E-state index is 0.0729. The van der Waals surface area contributed by atoms with Crippen LogP contribution in [0, 0.1) is 23.0 Å². The molecule has 0 aliphatic carbocycles. The van der Waals surface area contributed by atoms with Gasteiger partial charge in [0.15, 0.2) is 0 Å². The molecule has 8 nitrogen and oxygen atoms in total. The summed E-state index contributed by atoms with van der Waals surface area (Å²) >= 11 is 0. The van der Waals surface area contributed by atoms with E-state index in [9.17, 15) is 19.7 Å². The van der Waals surface area contributed by atoms with Crippen LogP contribution >= 0.6 is 0 Å². The normalized spacial score (nSPS) is 11.0. The first-order valence-electron chi connectivity index (χ1n) is 13.7. The van der Waals surface area contributed by atoms with Crippen molar-refractivity contribution in [2.45, 2.75) is 60.0 Å². The molecule has 0 N–H and O–H groups in total. The van der Waals surface area contributed by atoms with E-state index in [1.54, 1.807) is 6.07 Å². The van der Waals surface area contributed by atoms with Crippen molar-refractivity contribution in [2.75, 3.05) is 19.6 Å². The molecule has 0 radical (unpaired) electrons. The number of carbonyl (C=O) groups is 2. The molecule has 0 aliphatic heterocycles. The second kappa shape index (κ2) is 14.3. The van der Waals surface area contributed by atoms with Crippen molar-refractivity contribution >= 4 is 17.5 Å². The number of amides is 2. The van der Waals surface area contributed by atoms with Gasteiger partial charge >= 0.3 is 0 Å². The van der Waals surface area contributed by atoms with Crippen molar-refractivity contribution in [2.24, 2.45) is 5.92 Å². The Morgan fingerprint density at radius 3 is 2.46 bits per heavy atom. The zero-order valence-electron chi connectivity index (χ0n) is 23.5. The smallest absolute Gasteiger partial charge is 0.270 e. The van der Waals surface area contributed by atoms with E-state index in [2.05, 4.69) is 56.5 Å². The number of carbonyl (C=O) groups excluding carboxylic acids is 2. The number of benzene rings is 2. The van der Waals surface area contributed by atoms with E-state index in [0.717, 1.165) is 25.0 Å². The molecule has 0 bridgehead atoms. The Morgan fingerprint density at radius 1 is 1.00 bits per heavy atom. The lowest BCUT2D eigenvalue weighted by Gasteiger charge is -2.28. The van der Waals surface area contributed by atoms with E-state index in [1.165, 1.54) is 34.2 Å². The number of aryl methyl sites for hydroxylation is 1. The second-order valence-corrected chi connectivity index (χ2v) is 10.5.